The summed E-state index contributed by atoms with van der Waals surface area (Å²) in [6, 6.07) is 11.7. The maximum Gasteiger partial charge on any atom is 0.331 e. The SMILES string of the molecule is Cc1ccc(C=CC(=O)OCC(=O)NC2CCCc3ccccc32)o1. The average Bonchev–Trinajstić information content (AvgIpc) is 3.04. The number of fused-ring (bicyclic) bond motifs is 1. The molecule has 1 aliphatic carbocycles. The van der Waals surface area contributed by atoms with Crippen molar-refractivity contribution in [1.82, 2.24) is 5.32 Å². The van der Waals surface area contributed by atoms with Gasteiger partial charge in [-0.05, 0) is 55.5 Å². The second-order valence-electron chi connectivity index (χ2n) is 6.10. The summed E-state index contributed by atoms with van der Waals surface area (Å²) in [6.07, 6.45) is 5.74. The molecule has 1 aromatic heterocycles. The Bertz CT molecular complexity index is 790. The number of ether oxygens (including phenoxy) is 1. The Hall–Kier alpha value is -2.82. The molecule has 0 bridgehead atoms. The average molecular weight is 339 g/mol. The van der Waals surface area contributed by atoms with Gasteiger partial charge >= 0.3 is 5.97 Å². The van der Waals surface area contributed by atoms with Crippen molar-refractivity contribution in [3.8, 4) is 0 Å². The van der Waals surface area contributed by atoms with Crippen LogP contribution in [-0.2, 0) is 20.7 Å². The van der Waals surface area contributed by atoms with Crippen molar-refractivity contribution >= 4 is 18.0 Å². The highest BCUT2D eigenvalue weighted by atomic mass is 16.5. The molecule has 0 aliphatic heterocycles. The number of carbonyl (C=O) groups excluding carboxylic acids is 2. The Morgan fingerprint density at radius 1 is 1.28 bits per heavy atom. The molecule has 0 spiro atoms. The number of furan rings is 1. The lowest BCUT2D eigenvalue weighted by molar-refractivity contribution is -0.144. The van der Waals surface area contributed by atoms with Crippen LogP contribution in [0.2, 0.25) is 0 Å². The van der Waals surface area contributed by atoms with Gasteiger partial charge in [-0.25, -0.2) is 4.79 Å². The predicted molar refractivity (Wildman–Crippen MR) is 93.7 cm³/mol. The van der Waals surface area contributed by atoms with Crippen molar-refractivity contribution in [1.29, 1.82) is 0 Å². The molecular weight excluding hydrogens is 318 g/mol. The van der Waals surface area contributed by atoms with Gasteiger partial charge in [0.25, 0.3) is 5.91 Å². The third-order valence-corrected chi connectivity index (χ3v) is 4.19. The number of esters is 1. The minimum Gasteiger partial charge on any atom is -0.462 e. The Morgan fingerprint density at radius 2 is 2.12 bits per heavy atom. The fraction of sp³-hybridized carbons (Fsp3) is 0.300. The number of amides is 1. The van der Waals surface area contributed by atoms with Crippen LogP contribution in [0.5, 0.6) is 0 Å². The van der Waals surface area contributed by atoms with Crippen LogP contribution in [0.4, 0.5) is 0 Å². The third-order valence-electron chi connectivity index (χ3n) is 4.19. The molecule has 0 saturated heterocycles. The van der Waals surface area contributed by atoms with E-state index in [9.17, 15) is 9.59 Å². The predicted octanol–water partition coefficient (Wildman–Crippen LogP) is 3.34. The molecule has 25 heavy (non-hydrogen) atoms. The molecule has 5 heteroatoms. The van der Waals surface area contributed by atoms with Crippen molar-refractivity contribution in [2.45, 2.75) is 32.2 Å². The highest BCUT2D eigenvalue weighted by Crippen LogP contribution is 2.29. The third kappa shape index (κ3) is 4.59. The Labute approximate surface area is 146 Å². The van der Waals surface area contributed by atoms with E-state index in [1.54, 1.807) is 12.1 Å². The molecule has 0 fully saturated rings. The van der Waals surface area contributed by atoms with Gasteiger partial charge in [0.15, 0.2) is 6.61 Å². The Kier molecular flexibility index (Phi) is 5.33. The van der Waals surface area contributed by atoms with Gasteiger partial charge in [-0.2, -0.15) is 0 Å². The Balaban J connectivity index is 1.48. The summed E-state index contributed by atoms with van der Waals surface area (Å²) >= 11 is 0. The largest absolute Gasteiger partial charge is 0.462 e. The van der Waals surface area contributed by atoms with Gasteiger partial charge in [0.2, 0.25) is 0 Å². The maximum absolute atomic E-state index is 12.1. The highest BCUT2D eigenvalue weighted by molar-refractivity contribution is 5.89. The minimum atomic E-state index is -0.576. The quantitative estimate of drug-likeness (QED) is 0.670. The summed E-state index contributed by atoms with van der Waals surface area (Å²) in [5.74, 6) is 0.461. The van der Waals surface area contributed by atoms with E-state index >= 15 is 0 Å². The van der Waals surface area contributed by atoms with E-state index in [1.165, 1.54) is 17.7 Å². The Morgan fingerprint density at radius 3 is 2.92 bits per heavy atom. The summed E-state index contributed by atoms with van der Waals surface area (Å²) in [7, 11) is 0. The van der Waals surface area contributed by atoms with Crippen molar-refractivity contribution in [2.24, 2.45) is 0 Å². The van der Waals surface area contributed by atoms with Crippen LogP contribution >= 0.6 is 0 Å². The number of hydrogen-bond acceptors (Lipinski definition) is 4. The maximum atomic E-state index is 12.1. The smallest absolute Gasteiger partial charge is 0.331 e. The zero-order valence-electron chi connectivity index (χ0n) is 14.2. The first kappa shape index (κ1) is 17.0. The van der Waals surface area contributed by atoms with Crippen LogP contribution in [0.25, 0.3) is 6.08 Å². The number of rotatable bonds is 5. The normalized spacial score (nSPS) is 16.4. The zero-order chi connectivity index (χ0) is 17.6. The molecule has 1 unspecified atom stereocenters. The van der Waals surface area contributed by atoms with E-state index in [0.29, 0.717) is 5.76 Å². The molecule has 1 heterocycles. The van der Waals surface area contributed by atoms with E-state index in [0.717, 1.165) is 30.6 Å². The molecular formula is C20H21NO4. The molecule has 3 rings (SSSR count). The number of carbonyl (C=O) groups is 2. The molecule has 5 nitrogen and oxygen atoms in total. The van der Waals surface area contributed by atoms with Crippen LogP contribution in [-0.4, -0.2) is 18.5 Å². The van der Waals surface area contributed by atoms with E-state index in [2.05, 4.69) is 11.4 Å². The molecule has 1 atom stereocenters. The van der Waals surface area contributed by atoms with Crippen molar-refractivity contribution in [3.63, 3.8) is 0 Å². The molecule has 1 amide bonds. The molecule has 1 aromatic carbocycles. The van der Waals surface area contributed by atoms with Crippen molar-refractivity contribution < 1.29 is 18.7 Å². The summed E-state index contributed by atoms with van der Waals surface area (Å²) in [6.45, 7) is 1.53. The lowest BCUT2D eigenvalue weighted by Crippen LogP contribution is -2.34. The zero-order valence-corrected chi connectivity index (χ0v) is 14.2. The monoisotopic (exact) mass is 339 g/mol. The summed E-state index contributed by atoms with van der Waals surface area (Å²) in [5.41, 5.74) is 2.43. The van der Waals surface area contributed by atoms with E-state index < -0.39 is 5.97 Å². The fourth-order valence-electron chi connectivity index (χ4n) is 3.02. The van der Waals surface area contributed by atoms with E-state index in [1.807, 2.05) is 25.1 Å². The van der Waals surface area contributed by atoms with Crippen LogP contribution in [0.1, 0.15) is 41.5 Å². The lowest BCUT2D eigenvalue weighted by atomic mass is 9.88. The molecule has 1 aliphatic rings. The number of benzene rings is 1. The number of aryl methyl sites for hydroxylation is 2. The van der Waals surface area contributed by atoms with Crippen LogP contribution in [0.3, 0.4) is 0 Å². The first-order valence-electron chi connectivity index (χ1n) is 8.40. The standard InChI is InChI=1S/C20H21NO4/c1-14-9-10-16(25-14)11-12-20(23)24-13-19(22)21-18-8-4-6-15-5-2-3-7-17(15)18/h2-3,5,7,9-12,18H,4,6,8,13H2,1H3,(H,21,22). The second-order valence-corrected chi connectivity index (χ2v) is 6.10. The summed E-state index contributed by atoms with van der Waals surface area (Å²) in [5, 5.41) is 2.95. The van der Waals surface area contributed by atoms with Crippen LogP contribution in [0, 0.1) is 6.92 Å². The molecule has 130 valence electrons. The summed E-state index contributed by atoms with van der Waals surface area (Å²) < 4.78 is 10.3. The fourth-order valence-corrected chi connectivity index (χ4v) is 3.02. The van der Waals surface area contributed by atoms with E-state index in [-0.39, 0.29) is 18.6 Å². The first-order chi connectivity index (χ1) is 12.1. The van der Waals surface area contributed by atoms with Gasteiger partial charge in [0.05, 0.1) is 6.04 Å². The van der Waals surface area contributed by atoms with Gasteiger partial charge in [-0.15, -0.1) is 0 Å². The topological polar surface area (TPSA) is 68.5 Å². The minimum absolute atomic E-state index is 0.0159. The molecule has 2 aromatic rings. The number of nitrogens with one attached hydrogen (secondary N) is 1. The second kappa shape index (κ2) is 7.83. The van der Waals surface area contributed by atoms with Gasteiger partial charge in [-0.3, -0.25) is 4.79 Å². The summed E-state index contributed by atoms with van der Waals surface area (Å²) in [4.78, 5) is 23.8. The molecule has 0 radical (unpaired) electrons. The first-order valence-corrected chi connectivity index (χ1v) is 8.40. The lowest BCUT2D eigenvalue weighted by Gasteiger charge is -2.26. The van der Waals surface area contributed by atoms with Gasteiger partial charge < -0.3 is 14.5 Å². The van der Waals surface area contributed by atoms with Crippen LogP contribution < -0.4 is 5.32 Å². The van der Waals surface area contributed by atoms with Crippen molar-refractivity contribution in [2.75, 3.05) is 6.61 Å². The molecule has 1 N–H and O–H groups in total. The highest BCUT2D eigenvalue weighted by Gasteiger charge is 2.21. The van der Waals surface area contributed by atoms with Gasteiger partial charge in [0.1, 0.15) is 11.5 Å². The number of hydrogen-bond donors (Lipinski definition) is 1. The van der Waals surface area contributed by atoms with E-state index in [4.69, 9.17) is 9.15 Å². The van der Waals surface area contributed by atoms with Gasteiger partial charge in [0, 0.05) is 6.08 Å². The van der Waals surface area contributed by atoms with Crippen LogP contribution in [0.15, 0.2) is 46.9 Å². The molecule has 0 saturated carbocycles. The van der Waals surface area contributed by atoms with Gasteiger partial charge in [-0.1, -0.05) is 24.3 Å². The van der Waals surface area contributed by atoms with Crippen molar-refractivity contribution in [3.05, 3.63) is 65.1 Å².